The Hall–Kier alpha value is -4.16. The van der Waals surface area contributed by atoms with Gasteiger partial charge in [0.15, 0.2) is 5.78 Å². The zero-order valence-corrected chi connectivity index (χ0v) is 20.2. The molecule has 0 radical (unpaired) electrons. The molecule has 0 aliphatic rings. The van der Waals surface area contributed by atoms with Crippen molar-refractivity contribution in [2.75, 3.05) is 16.9 Å². The monoisotopic (exact) mass is 480 g/mol. The van der Waals surface area contributed by atoms with Crippen LogP contribution in [0.25, 0.3) is 0 Å². The summed E-state index contributed by atoms with van der Waals surface area (Å²) in [6.07, 6.45) is 1.91. The molecule has 2 N–H and O–H groups in total. The van der Waals surface area contributed by atoms with E-state index >= 15 is 0 Å². The van der Waals surface area contributed by atoms with Crippen LogP contribution in [0.5, 0.6) is 0 Å². The van der Waals surface area contributed by atoms with Crippen LogP contribution in [0.1, 0.15) is 42.2 Å². The Balaban J connectivity index is 1.62. The van der Waals surface area contributed by atoms with Crippen LogP contribution in [-0.4, -0.2) is 23.9 Å². The summed E-state index contributed by atoms with van der Waals surface area (Å²) in [5.41, 5.74) is 3.46. The van der Waals surface area contributed by atoms with E-state index in [9.17, 15) is 14.4 Å². The van der Waals surface area contributed by atoms with Crippen LogP contribution in [0.3, 0.4) is 0 Å². The first-order valence-corrected chi connectivity index (χ1v) is 12.3. The third-order valence-corrected chi connectivity index (χ3v) is 6.27. The van der Waals surface area contributed by atoms with E-state index in [4.69, 9.17) is 0 Å². The lowest BCUT2D eigenvalue weighted by Gasteiger charge is -2.15. The van der Waals surface area contributed by atoms with Crippen molar-refractivity contribution in [2.24, 2.45) is 0 Å². The standard InChI is InChI=1S/C29H24N2O3S/c1-19-16-17-25(23(18-19)27(32)20-10-4-3-5-11-20)31-28(33)21-12-6-8-14-24(21)30-29(34)22-13-7-9-15-26(22)35-2/h3-18H,1-2H3,(H,30,34)(H,31,33). The summed E-state index contributed by atoms with van der Waals surface area (Å²) in [5.74, 6) is -0.907. The molecule has 0 unspecified atom stereocenters. The van der Waals surface area contributed by atoms with E-state index in [0.717, 1.165) is 10.5 Å². The number of anilines is 2. The van der Waals surface area contributed by atoms with Gasteiger partial charge in [0.25, 0.3) is 11.8 Å². The molecular formula is C29H24N2O3S. The molecular weight excluding hydrogens is 456 g/mol. The van der Waals surface area contributed by atoms with Gasteiger partial charge in [-0.05, 0) is 49.6 Å². The molecule has 0 aliphatic carbocycles. The van der Waals surface area contributed by atoms with Crippen LogP contribution in [0, 0.1) is 6.92 Å². The number of nitrogens with one attached hydrogen (secondary N) is 2. The highest BCUT2D eigenvalue weighted by atomic mass is 32.2. The summed E-state index contributed by atoms with van der Waals surface area (Å²) in [4.78, 5) is 40.3. The van der Waals surface area contributed by atoms with E-state index in [1.54, 1.807) is 72.8 Å². The Kier molecular flexibility index (Phi) is 7.43. The molecule has 0 bridgehead atoms. The highest BCUT2D eigenvalue weighted by Crippen LogP contribution is 2.25. The Morgan fingerprint density at radius 3 is 1.91 bits per heavy atom. The SMILES string of the molecule is CSc1ccccc1C(=O)Nc1ccccc1C(=O)Nc1ccc(C)cc1C(=O)c1ccccc1. The quantitative estimate of drug-likeness (QED) is 0.235. The third kappa shape index (κ3) is 5.50. The number of amides is 2. The summed E-state index contributed by atoms with van der Waals surface area (Å²) in [6.45, 7) is 1.89. The van der Waals surface area contributed by atoms with E-state index in [1.165, 1.54) is 11.8 Å². The minimum Gasteiger partial charge on any atom is -0.321 e. The van der Waals surface area contributed by atoms with Gasteiger partial charge < -0.3 is 10.6 Å². The number of carbonyl (C=O) groups is 3. The molecule has 0 aliphatic heterocycles. The maximum atomic E-state index is 13.3. The number of ketones is 1. The van der Waals surface area contributed by atoms with Crippen molar-refractivity contribution in [1.29, 1.82) is 0 Å². The molecule has 0 aromatic heterocycles. The lowest BCUT2D eigenvalue weighted by atomic mass is 9.99. The lowest BCUT2D eigenvalue weighted by Crippen LogP contribution is -2.20. The highest BCUT2D eigenvalue weighted by Gasteiger charge is 2.19. The Labute approximate surface area is 208 Å². The molecule has 0 saturated carbocycles. The van der Waals surface area contributed by atoms with Gasteiger partial charge in [0.05, 0.1) is 22.5 Å². The van der Waals surface area contributed by atoms with Crippen molar-refractivity contribution < 1.29 is 14.4 Å². The predicted octanol–water partition coefficient (Wildman–Crippen LogP) is 6.45. The maximum Gasteiger partial charge on any atom is 0.257 e. The van der Waals surface area contributed by atoms with Crippen LogP contribution in [-0.2, 0) is 0 Å². The number of aryl methyl sites for hydroxylation is 1. The zero-order chi connectivity index (χ0) is 24.8. The largest absolute Gasteiger partial charge is 0.321 e. The number of thioether (sulfide) groups is 1. The van der Waals surface area contributed by atoms with Gasteiger partial charge in [-0.15, -0.1) is 11.8 Å². The molecule has 35 heavy (non-hydrogen) atoms. The van der Waals surface area contributed by atoms with Crippen molar-refractivity contribution >= 4 is 40.7 Å². The average molecular weight is 481 g/mol. The second-order valence-electron chi connectivity index (χ2n) is 7.90. The lowest BCUT2D eigenvalue weighted by molar-refractivity contribution is 0.102. The molecule has 0 spiro atoms. The predicted molar refractivity (Wildman–Crippen MR) is 142 cm³/mol. The molecule has 4 aromatic carbocycles. The van der Waals surface area contributed by atoms with Crippen LogP contribution in [0.4, 0.5) is 11.4 Å². The van der Waals surface area contributed by atoms with Gasteiger partial charge in [-0.1, -0.05) is 66.2 Å². The Bertz CT molecular complexity index is 1400. The summed E-state index contributed by atoms with van der Waals surface area (Å²) in [7, 11) is 0. The van der Waals surface area contributed by atoms with Gasteiger partial charge in [-0.25, -0.2) is 0 Å². The molecule has 174 valence electrons. The molecule has 2 amide bonds. The number of para-hydroxylation sites is 1. The number of carbonyl (C=O) groups excluding carboxylic acids is 3. The third-order valence-electron chi connectivity index (χ3n) is 5.48. The minimum absolute atomic E-state index is 0.181. The Morgan fingerprint density at radius 1 is 0.629 bits per heavy atom. The van der Waals surface area contributed by atoms with E-state index in [2.05, 4.69) is 10.6 Å². The van der Waals surface area contributed by atoms with Gasteiger partial charge in [0.1, 0.15) is 0 Å². The molecule has 4 rings (SSSR count). The number of rotatable bonds is 7. The van der Waals surface area contributed by atoms with Crippen LogP contribution in [0.2, 0.25) is 0 Å². The van der Waals surface area contributed by atoms with E-state index < -0.39 is 5.91 Å². The van der Waals surface area contributed by atoms with Gasteiger partial charge in [0.2, 0.25) is 0 Å². The van der Waals surface area contributed by atoms with E-state index in [-0.39, 0.29) is 11.7 Å². The first-order chi connectivity index (χ1) is 17.0. The topological polar surface area (TPSA) is 75.3 Å². The van der Waals surface area contributed by atoms with E-state index in [1.807, 2.05) is 37.4 Å². The number of hydrogen-bond donors (Lipinski definition) is 2. The van der Waals surface area contributed by atoms with Crippen LogP contribution >= 0.6 is 11.8 Å². The molecule has 0 heterocycles. The van der Waals surface area contributed by atoms with Crippen molar-refractivity contribution in [1.82, 2.24) is 0 Å². The van der Waals surface area contributed by atoms with Gasteiger partial charge in [0, 0.05) is 16.0 Å². The normalized spacial score (nSPS) is 10.5. The fourth-order valence-corrected chi connectivity index (χ4v) is 4.30. The zero-order valence-electron chi connectivity index (χ0n) is 19.4. The fraction of sp³-hybridized carbons (Fsp3) is 0.0690. The molecule has 4 aromatic rings. The maximum absolute atomic E-state index is 13.3. The van der Waals surface area contributed by atoms with Gasteiger partial charge >= 0.3 is 0 Å². The molecule has 6 heteroatoms. The van der Waals surface area contributed by atoms with Crippen molar-refractivity contribution in [3.63, 3.8) is 0 Å². The molecule has 5 nitrogen and oxygen atoms in total. The molecule has 0 saturated heterocycles. The average Bonchev–Trinajstić information content (AvgIpc) is 2.90. The smallest absolute Gasteiger partial charge is 0.257 e. The van der Waals surface area contributed by atoms with E-state index in [0.29, 0.717) is 33.6 Å². The minimum atomic E-state index is -0.426. The summed E-state index contributed by atoms with van der Waals surface area (Å²) in [6, 6.07) is 28.4. The summed E-state index contributed by atoms with van der Waals surface area (Å²) >= 11 is 1.48. The number of benzene rings is 4. The first-order valence-electron chi connectivity index (χ1n) is 11.0. The van der Waals surface area contributed by atoms with Gasteiger partial charge in [-0.3, -0.25) is 14.4 Å². The molecule has 0 atom stereocenters. The first kappa shape index (κ1) is 24.0. The highest BCUT2D eigenvalue weighted by molar-refractivity contribution is 7.98. The second-order valence-corrected chi connectivity index (χ2v) is 8.75. The van der Waals surface area contributed by atoms with Crippen molar-refractivity contribution in [3.8, 4) is 0 Å². The van der Waals surface area contributed by atoms with Gasteiger partial charge in [-0.2, -0.15) is 0 Å². The van der Waals surface area contributed by atoms with Crippen molar-refractivity contribution in [3.05, 3.63) is 125 Å². The second kappa shape index (κ2) is 10.8. The fourth-order valence-electron chi connectivity index (χ4n) is 3.70. The summed E-state index contributed by atoms with van der Waals surface area (Å²) in [5, 5.41) is 5.73. The number of hydrogen-bond acceptors (Lipinski definition) is 4. The molecule has 0 fully saturated rings. The van der Waals surface area contributed by atoms with Crippen molar-refractivity contribution in [2.45, 2.75) is 11.8 Å². The Morgan fingerprint density at radius 2 is 1.20 bits per heavy atom. The van der Waals surface area contributed by atoms with Crippen LogP contribution < -0.4 is 10.6 Å². The summed E-state index contributed by atoms with van der Waals surface area (Å²) < 4.78 is 0. The van der Waals surface area contributed by atoms with Crippen LogP contribution in [0.15, 0.2) is 102 Å².